The second-order valence-electron chi connectivity index (χ2n) is 6.42. The van der Waals surface area contributed by atoms with Crippen LogP contribution in [0.3, 0.4) is 0 Å². The lowest BCUT2D eigenvalue weighted by Gasteiger charge is -2.35. The molecule has 0 bridgehead atoms. The molecule has 1 aromatic rings. The van der Waals surface area contributed by atoms with Crippen LogP contribution in [-0.4, -0.2) is 35.0 Å². The topological polar surface area (TPSA) is 46.6 Å². The Labute approximate surface area is 126 Å². The lowest BCUT2D eigenvalue weighted by atomic mass is 9.95. The van der Waals surface area contributed by atoms with Gasteiger partial charge in [-0.3, -0.25) is 9.69 Å². The van der Waals surface area contributed by atoms with Crippen molar-refractivity contribution in [2.45, 2.75) is 51.7 Å². The van der Waals surface area contributed by atoms with E-state index in [0.29, 0.717) is 18.5 Å². The fourth-order valence-electron chi connectivity index (χ4n) is 2.54. The molecule has 1 aliphatic heterocycles. The molecule has 4 nitrogen and oxygen atoms in total. The highest BCUT2D eigenvalue weighted by molar-refractivity contribution is 6.01. The van der Waals surface area contributed by atoms with Crippen molar-refractivity contribution in [1.82, 2.24) is 4.90 Å². The molecular formula is C17H23NO3. The van der Waals surface area contributed by atoms with E-state index in [1.54, 1.807) is 17.0 Å². The average molecular weight is 289 g/mol. The summed E-state index contributed by atoms with van der Waals surface area (Å²) in [7, 11) is 0. The molecule has 0 N–H and O–H groups in total. The summed E-state index contributed by atoms with van der Waals surface area (Å²) in [6.07, 6.45) is 2.18. The SMILES string of the molecule is CC(C)(C)OC(=O)N1CCCC[C@@H]1C(=O)c1ccccc1. The second kappa shape index (κ2) is 6.29. The first kappa shape index (κ1) is 15.5. The number of Topliss-reactive ketones (excluding diaryl/α,β-unsaturated/α-hetero) is 1. The molecule has 1 heterocycles. The van der Waals surface area contributed by atoms with Gasteiger partial charge in [-0.2, -0.15) is 0 Å². The minimum atomic E-state index is -0.547. The molecule has 0 radical (unpaired) electrons. The Morgan fingerprint density at radius 1 is 1.14 bits per heavy atom. The molecule has 1 fully saturated rings. The molecule has 4 heteroatoms. The van der Waals surface area contributed by atoms with E-state index in [1.165, 1.54) is 0 Å². The maximum atomic E-state index is 12.6. The van der Waals surface area contributed by atoms with Crippen LogP contribution in [0.2, 0.25) is 0 Å². The van der Waals surface area contributed by atoms with Gasteiger partial charge in [0.25, 0.3) is 0 Å². The molecule has 1 atom stereocenters. The van der Waals surface area contributed by atoms with Crippen LogP contribution in [-0.2, 0) is 4.74 Å². The maximum absolute atomic E-state index is 12.6. The zero-order valence-corrected chi connectivity index (χ0v) is 13.0. The Morgan fingerprint density at radius 3 is 2.43 bits per heavy atom. The number of carbonyl (C=O) groups excluding carboxylic acids is 2. The highest BCUT2D eigenvalue weighted by atomic mass is 16.6. The van der Waals surface area contributed by atoms with Gasteiger partial charge in [0.15, 0.2) is 5.78 Å². The lowest BCUT2D eigenvalue weighted by molar-refractivity contribution is 0.0105. The number of piperidine rings is 1. The Hall–Kier alpha value is -1.84. The molecule has 1 aromatic carbocycles. The monoisotopic (exact) mass is 289 g/mol. The number of hydrogen-bond donors (Lipinski definition) is 0. The van der Waals surface area contributed by atoms with Gasteiger partial charge in [-0.05, 0) is 40.0 Å². The Kier molecular flexibility index (Phi) is 4.66. The lowest BCUT2D eigenvalue weighted by Crippen LogP contribution is -2.49. The van der Waals surface area contributed by atoms with Gasteiger partial charge < -0.3 is 4.74 Å². The summed E-state index contributed by atoms with van der Waals surface area (Å²) < 4.78 is 5.43. The van der Waals surface area contributed by atoms with Crippen LogP contribution in [0.1, 0.15) is 50.4 Å². The number of nitrogens with zero attached hydrogens (tertiary/aromatic N) is 1. The van der Waals surface area contributed by atoms with Crippen LogP contribution in [0.15, 0.2) is 30.3 Å². The largest absolute Gasteiger partial charge is 0.444 e. The molecule has 1 amide bonds. The summed E-state index contributed by atoms with van der Waals surface area (Å²) in [5.74, 6) is 0.00107. The molecule has 1 aliphatic rings. The predicted octanol–water partition coefficient (Wildman–Crippen LogP) is 3.66. The van der Waals surface area contributed by atoms with Crippen molar-refractivity contribution < 1.29 is 14.3 Å². The molecule has 0 aliphatic carbocycles. The predicted molar refractivity (Wildman–Crippen MR) is 81.4 cm³/mol. The zero-order valence-electron chi connectivity index (χ0n) is 13.0. The van der Waals surface area contributed by atoms with Crippen molar-refractivity contribution in [2.75, 3.05) is 6.54 Å². The summed E-state index contributed by atoms with van der Waals surface area (Å²) in [5, 5.41) is 0. The number of benzene rings is 1. The first-order chi connectivity index (χ1) is 9.88. The Morgan fingerprint density at radius 2 is 1.81 bits per heavy atom. The average Bonchev–Trinajstić information content (AvgIpc) is 2.45. The van der Waals surface area contributed by atoms with Crippen molar-refractivity contribution in [1.29, 1.82) is 0 Å². The third-order valence-corrected chi connectivity index (χ3v) is 3.49. The molecule has 0 saturated carbocycles. The van der Waals surface area contributed by atoms with Crippen LogP contribution in [0.4, 0.5) is 4.79 Å². The van der Waals surface area contributed by atoms with Gasteiger partial charge in [-0.1, -0.05) is 30.3 Å². The molecule has 0 aromatic heterocycles. The van der Waals surface area contributed by atoms with Gasteiger partial charge in [0.1, 0.15) is 5.60 Å². The van der Waals surface area contributed by atoms with Gasteiger partial charge in [0, 0.05) is 12.1 Å². The van der Waals surface area contributed by atoms with E-state index in [1.807, 2.05) is 39.0 Å². The third kappa shape index (κ3) is 4.06. The normalized spacial score (nSPS) is 19.2. The second-order valence-corrected chi connectivity index (χ2v) is 6.42. The fourth-order valence-corrected chi connectivity index (χ4v) is 2.54. The van der Waals surface area contributed by atoms with Crippen molar-refractivity contribution in [3.05, 3.63) is 35.9 Å². The van der Waals surface area contributed by atoms with Crippen molar-refractivity contribution >= 4 is 11.9 Å². The summed E-state index contributed by atoms with van der Waals surface area (Å²) in [4.78, 5) is 26.5. The van der Waals surface area contributed by atoms with Gasteiger partial charge in [0.05, 0.1) is 6.04 Å². The number of rotatable bonds is 2. The number of amides is 1. The van der Waals surface area contributed by atoms with E-state index < -0.39 is 17.7 Å². The minimum Gasteiger partial charge on any atom is -0.444 e. The first-order valence-electron chi connectivity index (χ1n) is 7.47. The van der Waals surface area contributed by atoms with Crippen LogP contribution in [0.5, 0.6) is 0 Å². The van der Waals surface area contributed by atoms with Gasteiger partial charge in [-0.15, -0.1) is 0 Å². The van der Waals surface area contributed by atoms with Crippen molar-refractivity contribution in [3.8, 4) is 0 Å². The van der Waals surface area contributed by atoms with Crippen LogP contribution in [0, 0.1) is 0 Å². The standard InChI is InChI=1S/C17H23NO3/c1-17(2,3)21-16(20)18-12-8-7-11-14(18)15(19)13-9-5-4-6-10-13/h4-6,9-10,14H,7-8,11-12H2,1-3H3/t14-/m1/s1. The Bertz CT molecular complexity index is 505. The molecule has 2 rings (SSSR count). The van der Waals surface area contributed by atoms with Gasteiger partial charge in [-0.25, -0.2) is 4.79 Å². The van der Waals surface area contributed by atoms with E-state index >= 15 is 0 Å². The zero-order chi connectivity index (χ0) is 15.5. The van der Waals surface area contributed by atoms with E-state index in [2.05, 4.69) is 0 Å². The van der Waals surface area contributed by atoms with Crippen molar-refractivity contribution in [3.63, 3.8) is 0 Å². The van der Waals surface area contributed by atoms with Gasteiger partial charge in [0.2, 0.25) is 0 Å². The summed E-state index contributed by atoms with van der Waals surface area (Å²) in [6.45, 7) is 6.09. The molecule has 21 heavy (non-hydrogen) atoms. The number of likely N-dealkylation sites (tertiary alicyclic amines) is 1. The fraction of sp³-hybridized carbons (Fsp3) is 0.529. The van der Waals surface area contributed by atoms with Crippen LogP contribution in [0.25, 0.3) is 0 Å². The quantitative estimate of drug-likeness (QED) is 0.781. The summed E-state index contributed by atoms with van der Waals surface area (Å²) in [6, 6.07) is 8.75. The highest BCUT2D eigenvalue weighted by Crippen LogP contribution is 2.23. The van der Waals surface area contributed by atoms with E-state index in [0.717, 1.165) is 12.8 Å². The van der Waals surface area contributed by atoms with E-state index in [9.17, 15) is 9.59 Å². The summed E-state index contributed by atoms with van der Waals surface area (Å²) in [5.41, 5.74) is 0.104. The molecule has 114 valence electrons. The number of ketones is 1. The number of hydrogen-bond acceptors (Lipinski definition) is 3. The van der Waals surface area contributed by atoms with Crippen LogP contribution < -0.4 is 0 Å². The highest BCUT2D eigenvalue weighted by Gasteiger charge is 2.34. The Balaban J connectivity index is 2.16. The van der Waals surface area contributed by atoms with Gasteiger partial charge >= 0.3 is 6.09 Å². The number of carbonyl (C=O) groups is 2. The number of ether oxygens (including phenoxy) is 1. The molecule has 0 unspecified atom stereocenters. The molecular weight excluding hydrogens is 266 g/mol. The van der Waals surface area contributed by atoms with E-state index in [-0.39, 0.29) is 5.78 Å². The third-order valence-electron chi connectivity index (χ3n) is 3.49. The minimum absolute atomic E-state index is 0.00107. The first-order valence-corrected chi connectivity index (χ1v) is 7.47. The maximum Gasteiger partial charge on any atom is 0.410 e. The summed E-state index contributed by atoms with van der Waals surface area (Å²) >= 11 is 0. The molecule has 1 saturated heterocycles. The van der Waals surface area contributed by atoms with Crippen LogP contribution >= 0.6 is 0 Å². The smallest absolute Gasteiger partial charge is 0.410 e. The molecule has 0 spiro atoms. The van der Waals surface area contributed by atoms with Crippen molar-refractivity contribution in [2.24, 2.45) is 0 Å². The van der Waals surface area contributed by atoms with E-state index in [4.69, 9.17) is 4.74 Å².